The first kappa shape index (κ1) is 9.63. The maximum atomic E-state index is 6.17. The van der Waals surface area contributed by atoms with Gasteiger partial charge in [-0.25, -0.2) is 0 Å². The number of halogens is 3. The van der Waals surface area contributed by atoms with Crippen LogP contribution in [-0.2, 0) is 0 Å². The van der Waals surface area contributed by atoms with Crippen LogP contribution in [0.5, 0.6) is 0 Å². The zero-order chi connectivity index (χ0) is 9.42. The summed E-state index contributed by atoms with van der Waals surface area (Å²) in [5, 5.41) is 4.09. The molecule has 0 fully saturated rings. The highest BCUT2D eigenvalue weighted by atomic mass is 79.9. The van der Waals surface area contributed by atoms with Crippen LogP contribution in [0.25, 0.3) is 0 Å². The molecular weight excluding hydrogens is 273 g/mol. The van der Waals surface area contributed by atoms with Crippen molar-refractivity contribution in [1.82, 2.24) is 0 Å². The van der Waals surface area contributed by atoms with E-state index in [2.05, 4.69) is 21.2 Å². The molecule has 1 nitrogen and oxygen atoms in total. The zero-order valence-corrected chi connectivity index (χ0v) is 9.88. The van der Waals surface area contributed by atoms with Crippen molar-refractivity contribution in [3.63, 3.8) is 0 Å². The molecule has 0 amide bonds. The largest absolute Gasteiger partial charge is 0.385 e. The molecule has 0 aliphatic carbocycles. The first-order valence-electron chi connectivity index (χ1n) is 4.05. The molecule has 0 bridgehead atoms. The van der Waals surface area contributed by atoms with Crippen LogP contribution in [-0.4, -0.2) is 6.54 Å². The Kier molecular flexibility index (Phi) is 2.72. The summed E-state index contributed by atoms with van der Waals surface area (Å²) in [4.78, 5) is 0. The Morgan fingerprint density at radius 3 is 3.00 bits per heavy atom. The van der Waals surface area contributed by atoms with Gasteiger partial charge in [0.15, 0.2) is 0 Å². The third-order valence-electron chi connectivity index (χ3n) is 2.14. The highest BCUT2D eigenvalue weighted by Crippen LogP contribution is 2.39. The lowest BCUT2D eigenvalue weighted by Crippen LogP contribution is -2.13. The predicted octanol–water partition coefficient (Wildman–Crippen LogP) is 4.20. The molecule has 13 heavy (non-hydrogen) atoms. The SMILES string of the molecule is Clc1cc2c(cc1Br)C(Cl)CCN2. The normalized spacial score (nSPS) is 20.7. The van der Waals surface area contributed by atoms with Crippen LogP contribution in [0.2, 0.25) is 5.02 Å². The molecule has 1 unspecified atom stereocenters. The van der Waals surface area contributed by atoms with Gasteiger partial charge in [0.2, 0.25) is 0 Å². The van der Waals surface area contributed by atoms with E-state index in [9.17, 15) is 0 Å². The lowest BCUT2D eigenvalue weighted by atomic mass is 10.0. The Labute approximate surface area is 95.5 Å². The van der Waals surface area contributed by atoms with Crippen molar-refractivity contribution in [2.24, 2.45) is 0 Å². The summed E-state index contributed by atoms with van der Waals surface area (Å²) in [6.45, 7) is 0.916. The van der Waals surface area contributed by atoms with Gasteiger partial charge in [-0.2, -0.15) is 0 Å². The van der Waals surface area contributed by atoms with Crippen molar-refractivity contribution in [2.75, 3.05) is 11.9 Å². The van der Waals surface area contributed by atoms with E-state index in [1.165, 1.54) is 0 Å². The Morgan fingerprint density at radius 2 is 2.23 bits per heavy atom. The molecule has 1 aliphatic heterocycles. The van der Waals surface area contributed by atoms with Gasteiger partial charge in [-0.3, -0.25) is 0 Å². The Morgan fingerprint density at radius 1 is 1.46 bits per heavy atom. The van der Waals surface area contributed by atoms with E-state index in [-0.39, 0.29) is 5.38 Å². The predicted molar refractivity (Wildman–Crippen MR) is 60.9 cm³/mol. The molecule has 2 rings (SSSR count). The second kappa shape index (κ2) is 3.68. The number of hydrogen-bond donors (Lipinski definition) is 1. The van der Waals surface area contributed by atoms with Crippen molar-refractivity contribution < 1.29 is 0 Å². The van der Waals surface area contributed by atoms with Crippen LogP contribution in [0.4, 0.5) is 5.69 Å². The van der Waals surface area contributed by atoms with Gasteiger partial charge in [0.05, 0.1) is 10.4 Å². The molecule has 1 N–H and O–H groups in total. The number of nitrogens with one attached hydrogen (secondary N) is 1. The minimum Gasteiger partial charge on any atom is -0.385 e. The molecular formula is C9H8BrCl2N. The number of hydrogen-bond acceptors (Lipinski definition) is 1. The number of alkyl halides is 1. The number of fused-ring (bicyclic) bond motifs is 1. The van der Waals surface area contributed by atoms with Crippen molar-refractivity contribution in [1.29, 1.82) is 0 Å². The van der Waals surface area contributed by atoms with Crippen molar-refractivity contribution in [3.05, 3.63) is 27.2 Å². The summed E-state index contributed by atoms with van der Waals surface area (Å²) in [5.74, 6) is 0. The molecule has 0 saturated carbocycles. The third-order valence-corrected chi connectivity index (χ3v) is 3.79. The van der Waals surface area contributed by atoms with E-state index in [1.54, 1.807) is 0 Å². The molecule has 0 spiro atoms. The second-order valence-electron chi connectivity index (χ2n) is 3.04. The van der Waals surface area contributed by atoms with E-state index < -0.39 is 0 Å². The minimum absolute atomic E-state index is 0.102. The number of rotatable bonds is 0. The van der Waals surface area contributed by atoms with Gasteiger partial charge < -0.3 is 5.32 Å². The summed E-state index contributed by atoms with van der Waals surface area (Å²) in [7, 11) is 0. The summed E-state index contributed by atoms with van der Waals surface area (Å²) < 4.78 is 0.905. The standard InChI is InChI=1S/C9H8BrCl2N/c10-6-3-5-7(11)1-2-13-9(5)4-8(6)12/h3-4,7,13H,1-2H2. The molecule has 4 heteroatoms. The maximum absolute atomic E-state index is 6.17. The molecule has 1 aliphatic rings. The first-order chi connectivity index (χ1) is 6.18. The van der Waals surface area contributed by atoms with E-state index in [0.717, 1.165) is 33.7 Å². The highest BCUT2D eigenvalue weighted by Gasteiger charge is 2.18. The topological polar surface area (TPSA) is 12.0 Å². The first-order valence-corrected chi connectivity index (χ1v) is 5.66. The monoisotopic (exact) mass is 279 g/mol. The van der Waals surface area contributed by atoms with Gasteiger partial charge in [0.25, 0.3) is 0 Å². The molecule has 1 heterocycles. The molecule has 0 saturated heterocycles. The van der Waals surface area contributed by atoms with Gasteiger partial charge in [0.1, 0.15) is 0 Å². The van der Waals surface area contributed by atoms with Crippen LogP contribution in [0, 0.1) is 0 Å². The molecule has 0 aromatic heterocycles. The van der Waals surface area contributed by atoms with Gasteiger partial charge in [-0.1, -0.05) is 11.6 Å². The van der Waals surface area contributed by atoms with Gasteiger partial charge in [-0.15, -0.1) is 11.6 Å². The van der Waals surface area contributed by atoms with Crippen molar-refractivity contribution in [3.8, 4) is 0 Å². The quantitative estimate of drug-likeness (QED) is 0.703. The van der Waals surface area contributed by atoms with Crippen LogP contribution in [0.3, 0.4) is 0 Å². The molecule has 1 atom stereocenters. The molecule has 1 aromatic rings. The molecule has 70 valence electrons. The Hall–Kier alpha value is 0.0800. The van der Waals surface area contributed by atoms with Gasteiger partial charge in [0, 0.05) is 16.7 Å². The Balaban J connectivity index is 2.52. The van der Waals surface area contributed by atoms with Gasteiger partial charge in [-0.05, 0) is 40.0 Å². The van der Waals surface area contributed by atoms with E-state index in [1.807, 2.05) is 12.1 Å². The van der Waals surface area contributed by atoms with Crippen LogP contribution in [0.1, 0.15) is 17.4 Å². The summed E-state index contributed by atoms with van der Waals surface area (Å²) in [6.07, 6.45) is 0.961. The zero-order valence-electron chi connectivity index (χ0n) is 6.78. The minimum atomic E-state index is 0.102. The fourth-order valence-corrected chi connectivity index (χ4v) is 2.28. The van der Waals surface area contributed by atoms with E-state index >= 15 is 0 Å². The summed E-state index contributed by atoms with van der Waals surface area (Å²) in [6, 6.07) is 3.90. The summed E-state index contributed by atoms with van der Waals surface area (Å²) >= 11 is 15.5. The lowest BCUT2D eigenvalue weighted by Gasteiger charge is -2.22. The van der Waals surface area contributed by atoms with Crippen molar-refractivity contribution >= 4 is 44.8 Å². The van der Waals surface area contributed by atoms with Crippen LogP contribution >= 0.6 is 39.1 Å². The van der Waals surface area contributed by atoms with E-state index in [4.69, 9.17) is 23.2 Å². The smallest absolute Gasteiger partial charge is 0.0622 e. The second-order valence-corrected chi connectivity index (χ2v) is 4.82. The fraction of sp³-hybridized carbons (Fsp3) is 0.333. The molecule has 0 radical (unpaired) electrons. The van der Waals surface area contributed by atoms with Crippen LogP contribution < -0.4 is 5.32 Å². The Bertz CT molecular complexity index is 341. The summed E-state index contributed by atoms with van der Waals surface area (Å²) in [5.41, 5.74) is 2.18. The van der Waals surface area contributed by atoms with Crippen molar-refractivity contribution in [2.45, 2.75) is 11.8 Å². The molecule has 1 aromatic carbocycles. The lowest BCUT2D eigenvalue weighted by molar-refractivity contribution is 0.801. The fourth-order valence-electron chi connectivity index (χ4n) is 1.46. The average Bonchev–Trinajstić information content (AvgIpc) is 2.09. The highest BCUT2D eigenvalue weighted by molar-refractivity contribution is 9.10. The third kappa shape index (κ3) is 1.80. The number of anilines is 1. The number of benzene rings is 1. The maximum Gasteiger partial charge on any atom is 0.0622 e. The van der Waals surface area contributed by atoms with Gasteiger partial charge >= 0.3 is 0 Å². The van der Waals surface area contributed by atoms with Crippen LogP contribution in [0.15, 0.2) is 16.6 Å². The van der Waals surface area contributed by atoms with E-state index in [0.29, 0.717) is 0 Å². The average molecular weight is 281 g/mol.